The highest BCUT2D eigenvalue weighted by Crippen LogP contribution is 2.15. The van der Waals surface area contributed by atoms with Crippen LogP contribution in [0.2, 0.25) is 0 Å². The molecule has 0 spiro atoms. The van der Waals surface area contributed by atoms with Crippen LogP contribution in [0.3, 0.4) is 0 Å². The lowest BCUT2D eigenvalue weighted by Gasteiger charge is -2.05. The Morgan fingerprint density at radius 2 is 2.29 bits per heavy atom. The van der Waals surface area contributed by atoms with Crippen molar-refractivity contribution in [1.29, 1.82) is 0 Å². The number of anilines is 1. The van der Waals surface area contributed by atoms with Crippen LogP contribution >= 0.6 is 0 Å². The fourth-order valence-corrected chi connectivity index (χ4v) is 1.63. The third-order valence-electron chi connectivity index (χ3n) is 2.45. The van der Waals surface area contributed by atoms with E-state index < -0.39 is 0 Å². The van der Waals surface area contributed by atoms with Gasteiger partial charge in [0.05, 0.1) is 17.6 Å². The van der Waals surface area contributed by atoms with Crippen molar-refractivity contribution in [2.45, 2.75) is 20.4 Å². The molecule has 5 nitrogen and oxygen atoms in total. The van der Waals surface area contributed by atoms with Crippen molar-refractivity contribution < 1.29 is 0 Å². The zero-order valence-electron chi connectivity index (χ0n) is 10.2. The highest BCUT2D eigenvalue weighted by atomic mass is 15.3. The van der Waals surface area contributed by atoms with Gasteiger partial charge in [-0.05, 0) is 13.8 Å². The van der Waals surface area contributed by atoms with E-state index in [-0.39, 0.29) is 0 Å². The number of hydrogen-bond donors (Lipinski definition) is 1. The van der Waals surface area contributed by atoms with E-state index in [1.165, 1.54) is 0 Å². The van der Waals surface area contributed by atoms with Crippen molar-refractivity contribution in [2.75, 3.05) is 11.9 Å². The van der Waals surface area contributed by atoms with Gasteiger partial charge in [-0.1, -0.05) is 6.08 Å². The Morgan fingerprint density at radius 1 is 1.47 bits per heavy atom. The number of nitrogens with one attached hydrogen (secondary N) is 1. The summed E-state index contributed by atoms with van der Waals surface area (Å²) in [5.74, 6) is 0.818. The maximum absolute atomic E-state index is 4.43. The molecule has 5 heteroatoms. The van der Waals surface area contributed by atoms with E-state index in [1.807, 2.05) is 40.8 Å². The minimum Gasteiger partial charge on any atom is -0.352 e. The molecule has 2 rings (SSSR count). The van der Waals surface area contributed by atoms with Crippen molar-refractivity contribution in [1.82, 2.24) is 19.3 Å². The van der Waals surface area contributed by atoms with Gasteiger partial charge in [0, 0.05) is 25.5 Å². The highest BCUT2D eigenvalue weighted by molar-refractivity contribution is 5.41. The second-order valence-electron chi connectivity index (χ2n) is 3.80. The number of hydrogen-bond acceptors (Lipinski definition) is 3. The first-order valence-corrected chi connectivity index (χ1v) is 5.68. The van der Waals surface area contributed by atoms with Crippen LogP contribution in [-0.4, -0.2) is 25.9 Å². The van der Waals surface area contributed by atoms with E-state index in [2.05, 4.69) is 28.9 Å². The van der Waals surface area contributed by atoms with Gasteiger partial charge >= 0.3 is 0 Å². The second kappa shape index (κ2) is 4.86. The highest BCUT2D eigenvalue weighted by Gasteiger charge is 2.08. The summed E-state index contributed by atoms with van der Waals surface area (Å²) < 4.78 is 3.89. The average molecular weight is 231 g/mol. The van der Waals surface area contributed by atoms with Crippen LogP contribution in [0.15, 0.2) is 31.2 Å². The van der Waals surface area contributed by atoms with Gasteiger partial charge in [0.2, 0.25) is 5.95 Å². The van der Waals surface area contributed by atoms with Crippen LogP contribution < -0.4 is 5.32 Å². The first-order valence-electron chi connectivity index (χ1n) is 5.68. The van der Waals surface area contributed by atoms with Gasteiger partial charge < -0.3 is 5.32 Å². The minimum absolute atomic E-state index is 0.693. The zero-order valence-corrected chi connectivity index (χ0v) is 10.2. The van der Waals surface area contributed by atoms with Crippen LogP contribution in [0.25, 0.3) is 5.69 Å². The molecule has 0 aromatic carbocycles. The first kappa shape index (κ1) is 11.4. The van der Waals surface area contributed by atoms with E-state index in [4.69, 9.17) is 0 Å². The third kappa shape index (κ3) is 2.38. The van der Waals surface area contributed by atoms with Crippen molar-refractivity contribution in [3.63, 3.8) is 0 Å². The lowest BCUT2D eigenvalue weighted by Crippen LogP contribution is -2.05. The minimum atomic E-state index is 0.693. The van der Waals surface area contributed by atoms with Crippen LogP contribution in [0.4, 0.5) is 5.95 Å². The van der Waals surface area contributed by atoms with Crippen LogP contribution in [0, 0.1) is 6.92 Å². The molecule has 90 valence electrons. The van der Waals surface area contributed by atoms with Crippen LogP contribution in [0.5, 0.6) is 0 Å². The number of nitrogens with zero attached hydrogens (tertiary/aromatic N) is 4. The predicted octanol–water partition coefficient (Wildman–Crippen LogP) is 2.00. The van der Waals surface area contributed by atoms with Crippen molar-refractivity contribution >= 4 is 5.95 Å². The summed E-state index contributed by atoms with van der Waals surface area (Å²) in [5.41, 5.74) is 1.99. The number of aromatic nitrogens is 4. The van der Waals surface area contributed by atoms with Gasteiger partial charge in [-0.3, -0.25) is 9.25 Å². The van der Waals surface area contributed by atoms with Crippen molar-refractivity contribution in [3.05, 3.63) is 36.9 Å². The Kier molecular flexibility index (Phi) is 3.27. The summed E-state index contributed by atoms with van der Waals surface area (Å²) in [6.45, 7) is 9.28. The van der Waals surface area contributed by atoms with E-state index in [0.29, 0.717) is 6.54 Å². The SMILES string of the molecule is C=CCNc1nc(C)cn1-c1cnn(CC)c1. The van der Waals surface area contributed by atoms with Gasteiger partial charge in [-0.2, -0.15) is 5.10 Å². The Labute approximate surface area is 101 Å². The van der Waals surface area contributed by atoms with Crippen LogP contribution in [-0.2, 0) is 6.54 Å². The molecule has 1 N–H and O–H groups in total. The lowest BCUT2D eigenvalue weighted by molar-refractivity contribution is 0.659. The number of rotatable bonds is 5. The monoisotopic (exact) mass is 231 g/mol. The predicted molar refractivity (Wildman–Crippen MR) is 68.4 cm³/mol. The fraction of sp³-hybridized carbons (Fsp3) is 0.333. The van der Waals surface area contributed by atoms with Gasteiger partial charge in [-0.15, -0.1) is 6.58 Å². The average Bonchev–Trinajstić information content (AvgIpc) is 2.92. The summed E-state index contributed by atoms with van der Waals surface area (Å²) >= 11 is 0. The molecule has 0 atom stereocenters. The van der Waals surface area contributed by atoms with E-state index in [1.54, 1.807) is 0 Å². The molecule has 2 aromatic rings. The summed E-state index contributed by atoms with van der Waals surface area (Å²) in [4.78, 5) is 4.43. The first-order chi connectivity index (χ1) is 8.24. The quantitative estimate of drug-likeness (QED) is 0.801. The molecule has 0 amide bonds. The summed E-state index contributed by atoms with van der Waals surface area (Å²) in [5, 5.41) is 7.47. The van der Waals surface area contributed by atoms with E-state index >= 15 is 0 Å². The standard InChI is InChI=1S/C12H17N5/c1-4-6-13-12-15-10(3)8-17(12)11-7-14-16(5-2)9-11/h4,7-9H,1,5-6H2,2-3H3,(H,13,15). The van der Waals surface area contributed by atoms with Crippen molar-refractivity contribution in [3.8, 4) is 5.69 Å². The molecular weight excluding hydrogens is 214 g/mol. The van der Waals surface area contributed by atoms with Gasteiger partial charge in [-0.25, -0.2) is 4.98 Å². The molecule has 0 bridgehead atoms. The Morgan fingerprint density at radius 3 is 2.94 bits per heavy atom. The second-order valence-corrected chi connectivity index (χ2v) is 3.80. The zero-order chi connectivity index (χ0) is 12.3. The maximum Gasteiger partial charge on any atom is 0.208 e. The molecule has 0 fully saturated rings. The largest absolute Gasteiger partial charge is 0.352 e. The Hall–Kier alpha value is -2.04. The molecule has 0 saturated carbocycles. The fourth-order valence-electron chi connectivity index (χ4n) is 1.63. The molecule has 0 unspecified atom stereocenters. The Balaban J connectivity index is 2.32. The molecule has 0 aliphatic heterocycles. The topological polar surface area (TPSA) is 47.7 Å². The molecule has 0 aliphatic carbocycles. The van der Waals surface area contributed by atoms with Crippen LogP contribution in [0.1, 0.15) is 12.6 Å². The molecule has 2 heterocycles. The van der Waals surface area contributed by atoms with E-state index in [9.17, 15) is 0 Å². The molecule has 2 aromatic heterocycles. The number of imidazole rings is 1. The molecule has 0 radical (unpaired) electrons. The Bertz CT molecular complexity index is 509. The number of aryl methyl sites for hydroxylation is 2. The van der Waals surface area contributed by atoms with Gasteiger partial charge in [0.15, 0.2) is 0 Å². The molecular formula is C12H17N5. The lowest BCUT2D eigenvalue weighted by atomic mass is 10.5. The summed E-state index contributed by atoms with van der Waals surface area (Å²) in [7, 11) is 0. The third-order valence-corrected chi connectivity index (χ3v) is 2.45. The smallest absolute Gasteiger partial charge is 0.208 e. The van der Waals surface area contributed by atoms with Gasteiger partial charge in [0.25, 0.3) is 0 Å². The van der Waals surface area contributed by atoms with Gasteiger partial charge in [0.1, 0.15) is 0 Å². The normalized spacial score (nSPS) is 10.5. The van der Waals surface area contributed by atoms with E-state index in [0.717, 1.165) is 23.9 Å². The molecule has 0 saturated heterocycles. The molecule has 0 aliphatic rings. The van der Waals surface area contributed by atoms with Crippen molar-refractivity contribution in [2.24, 2.45) is 0 Å². The summed E-state index contributed by atoms with van der Waals surface area (Å²) in [6, 6.07) is 0. The summed E-state index contributed by atoms with van der Waals surface area (Å²) in [6.07, 6.45) is 7.64. The molecule has 17 heavy (non-hydrogen) atoms. The maximum atomic E-state index is 4.43.